The van der Waals surface area contributed by atoms with E-state index < -0.39 is 11.7 Å². The summed E-state index contributed by atoms with van der Waals surface area (Å²) in [5.41, 5.74) is 3.94. The van der Waals surface area contributed by atoms with E-state index in [1.54, 1.807) is 6.20 Å². The Bertz CT molecular complexity index is 1350. The van der Waals surface area contributed by atoms with Gasteiger partial charge in [-0.15, -0.1) is 0 Å². The summed E-state index contributed by atoms with van der Waals surface area (Å²) < 4.78 is 8.53. The van der Waals surface area contributed by atoms with Crippen LogP contribution in [0.1, 0.15) is 49.0 Å². The topological polar surface area (TPSA) is 91.0 Å². The van der Waals surface area contributed by atoms with Crippen LogP contribution in [0.15, 0.2) is 54.7 Å². The predicted molar refractivity (Wildman–Crippen MR) is 130 cm³/mol. The Morgan fingerprint density at radius 1 is 1.06 bits per heavy atom. The van der Waals surface area contributed by atoms with Crippen molar-refractivity contribution in [3.8, 4) is 0 Å². The number of nitrogens with one attached hydrogen (secondary N) is 1. The number of hydrogen-bond acceptors (Lipinski definition) is 5. The molecule has 1 N–H and O–H groups in total. The van der Waals surface area contributed by atoms with Gasteiger partial charge in [0.2, 0.25) is 0 Å². The number of carbonyl (C=O) groups is 2. The first-order valence-electron chi connectivity index (χ1n) is 11.2. The van der Waals surface area contributed by atoms with Crippen molar-refractivity contribution in [3.63, 3.8) is 0 Å². The van der Waals surface area contributed by atoms with Crippen LogP contribution in [0, 0.1) is 13.8 Å². The number of aromatic nitrogens is 4. The summed E-state index contributed by atoms with van der Waals surface area (Å²) in [5, 5.41) is 8.22. The molecule has 0 aliphatic heterocycles. The van der Waals surface area contributed by atoms with Crippen LogP contribution < -0.4 is 5.32 Å². The van der Waals surface area contributed by atoms with Gasteiger partial charge >= 0.3 is 12.1 Å². The van der Waals surface area contributed by atoms with Gasteiger partial charge in [-0.05, 0) is 58.4 Å². The Labute approximate surface area is 198 Å². The molecule has 4 rings (SSSR count). The molecule has 0 fully saturated rings. The fourth-order valence-corrected chi connectivity index (χ4v) is 3.89. The van der Waals surface area contributed by atoms with Crippen molar-refractivity contribution < 1.29 is 14.3 Å². The molecular weight excluding hydrogens is 430 g/mol. The number of carbonyl (C=O) groups excluding carboxylic acids is 2. The van der Waals surface area contributed by atoms with Crippen LogP contribution >= 0.6 is 0 Å². The van der Waals surface area contributed by atoms with Crippen LogP contribution in [0.25, 0.3) is 11.0 Å². The van der Waals surface area contributed by atoms with Gasteiger partial charge in [-0.25, -0.2) is 19.1 Å². The maximum absolute atomic E-state index is 13.1. The normalized spacial score (nSPS) is 11.6. The summed E-state index contributed by atoms with van der Waals surface area (Å²) in [7, 11) is 0. The Balaban J connectivity index is 1.64. The van der Waals surface area contributed by atoms with Crippen molar-refractivity contribution in [2.45, 2.75) is 53.2 Å². The molecule has 0 saturated carbocycles. The largest absolute Gasteiger partial charge is 0.443 e. The van der Waals surface area contributed by atoms with Gasteiger partial charge in [-0.3, -0.25) is 0 Å². The predicted octanol–water partition coefficient (Wildman–Crippen LogP) is 4.98. The molecule has 0 spiro atoms. The van der Waals surface area contributed by atoms with Crippen LogP contribution in [-0.2, 0) is 17.7 Å². The van der Waals surface area contributed by atoms with Gasteiger partial charge in [0.05, 0.1) is 5.69 Å². The number of nitrogens with zero attached hydrogens (tertiary/aromatic N) is 4. The lowest BCUT2D eigenvalue weighted by Crippen LogP contribution is -2.29. The maximum atomic E-state index is 13.1. The zero-order valence-corrected chi connectivity index (χ0v) is 20.1. The Hall–Kier alpha value is -3.94. The average Bonchev–Trinajstić information content (AvgIpc) is 3.29. The molecule has 0 radical (unpaired) electrons. The number of aryl methyl sites for hydroxylation is 1. The number of fused-ring (bicyclic) bond motifs is 1. The molecule has 0 aliphatic carbocycles. The first-order chi connectivity index (χ1) is 16.1. The Morgan fingerprint density at radius 3 is 2.50 bits per heavy atom. The second kappa shape index (κ2) is 9.13. The second-order valence-electron chi connectivity index (χ2n) is 9.25. The lowest BCUT2D eigenvalue weighted by molar-refractivity contribution is 0.0540. The van der Waals surface area contributed by atoms with Crippen molar-refractivity contribution in [1.29, 1.82) is 0 Å². The van der Waals surface area contributed by atoms with Crippen molar-refractivity contribution in [2.24, 2.45) is 0 Å². The zero-order valence-electron chi connectivity index (χ0n) is 20.1. The highest BCUT2D eigenvalue weighted by Gasteiger charge is 2.25. The first-order valence-corrected chi connectivity index (χ1v) is 11.2. The summed E-state index contributed by atoms with van der Waals surface area (Å²) in [6.45, 7) is 9.62. The molecule has 1 amide bonds. The van der Waals surface area contributed by atoms with Crippen LogP contribution in [0.3, 0.4) is 0 Å². The molecule has 8 heteroatoms. The van der Waals surface area contributed by atoms with Crippen LogP contribution in [0.4, 0.5) is 9.59 Å². The van der Waals surface area contributed by atoms with E-state index in [2.05, 4.69) is 15.4 Å². The molecule has 34 heavy (non-hydrogen) atoms. The average molecular weight is 460 g/mol. The lowest BCUT2D eigenvalue weighted by atomic mass is 10.1. The van der Waals surface area contributed by atoms with Gasteiger partial charge < -0.3 is 10.1 Å². The number of hydrogen-bond donors (Lipinski definition) is 1. The molecule has 4 aromatic rings. The first kappa shape index (κ1) is 23.2. The number of pyridine rings is 1. The summed E-state index contributed by atoms with van der Waals surface area (Å²) in [6.07, 6.45) is 1.57. The quantitative estimate of drug-likeness (QED) is 0.465. The number of benzene rings is 1. The van der Waals surface area contributed by atoms with E-state index in [9.17, 15) is 9.59 Å². The summed E-state index contributed by atoms with van der Waals surface area (Å²) in [4.78, 5) is 30.3. The molecule has 8 nitrogen and oxygen atoms in total. The fraction of sp³-hybridized carbons (Fsp3) is 0.308. The Kier molecular flexibility index (Phi) is 6.24. The van der Waals surface area contributed by atoms with E-state index in [0.717, 1.165) is 33.6 Å². The minimum atomic E-state index is -0.646. The molecule has 0 unspecified atom stereocenters. The number of ether oxygens (including phenoxy) is 1. The molecule has 176 valence electrons. The monoisotopic (exact) mass is 459 g/mol. The maximum Gasteiger partial charge on any atom is 0.420 e. The fourth-order valence-electron chi connectivity index (χ4n) is 3.89. The van der Waals surface area contributed by atoms with Crippen LogP contribution in [-0.4, -0.2) is 37.1 Å². The van der Waals surface area contributed by atoms with Gasteiger partial charge in [-0.1, -0.05) is 30.3 Å². The second-order valence-corrected chi connectivity index (χ2v) is 9.25. The molecule has 3 aromatic heterocycles. The van der Waals surface area contributed by atoms with E-state index in [1.165, 1.54) is 9.25 Å². The lowest BCUT2D eigenvalue weighted by Gasteiger charge is -2.20. The van der Waals surface area contributed by atoms with Crippen molar-refractivity contribution in [2.75, 3.05) is 0 Å². The van der Waals surface area contributed by atoms with E-state index in [4.69, 9.17) is 4.74 Å². The molecule has 0 saturated heterocycles. The molecule has 1 aromatic carbocycles. The Morgan fingerprint density at radius 2 is 1.79 bits per heavy atom. The van der Waals surface area contributed by atoms with Gasteiger partial charge in [-0.2, -0.15) is 9.78 Å². The highest BCUT2D eigenvalue weighted by molar-refractivity contribution is 5.88. The van der Waals surface area contributed by atoms with E-state index in [-0.39, 0.29) is 6.03 Å². The van der Waals surface area contributed by atoms with Crippen LogP contribution in [0.2, 0.25) is 0 Å². The minimum absolute atomic E-state index is 0.301. The zero-order chi connectivity index (χ0) is 24.5. The summed E-state index contributed by atoms with van der Waals surface area (Å²) >= 11 is 0. The van der Waals surface area contributed by atoms with Gasteiger partial charge in [0.1, 0.15) is 11.2 Å². The van der Waals surface area contributed by atoms with Crippen molar-refractivity contribution in [1.82, 2.24) is 24.6 Å². The third-order valence-electron chi connectivity index (χ3n) is 5.49. The molecular formula is C26H29N5O3. The SMILES string of the molecule is Cc1nn(C(=O)NCc2ccccc2)c(C)c1Cc1cc2cccnc2n1C(=O)OC(C)(C)C. The van der Waals surface area contributed by atoms with E-state index in [0.29, 0.717) is 18.6 Å². The van der Waals surface area contributed by atoms with E-state index >= 15 is 0 Å². The van der Waals surface area contributed by atoms with Gasteiger partial charge in [0.25, 0.3) is 0 Å². The minimum Gasteiger partial charge on any atom is -0.443 e. The van der Waals surface area contributed by atoms with E-state index in [1.807, 2.05) is 83.1 Å². The van der Waals surface area contributed by atoms with Crippen molar-refractivity contribution in [3.05, 3.63) is 82.9 Å². The standard InChI is InChI=1S/C26H29N5O3/c1-17-22(18(2)31(29-17)24(32)28-16-19-10-7-6-8-11-19)15-21-14-20-12-9-13-27-23(20)30(21)25(33)34-26(3,4)5/h6-14H,15-16H2,1-5H3,(H,28,32). The third kappa shape index (κ3) is 4.85. The van der Waals surface area contributed by atoms with Crippen molar-refractivity contribution >= 4 is 23.2 Å². The number of rotatable bonds is 4. The molecule has 0 atom stereocenters. The molecule has 0 aliphatic rings. The smallest absolute Gasteiger partial charge is 0.420 e. The summed E-state index contributed by atoms with van der Waals surface area (Å²) in [6, 6.07) is 15.1. The summed E-state index contributed by atoms with van der Waals surface area (Å²) in [5.74, 6) is 0. The molecule has 3 heterocycles. The van der Waals surface area contributed by atoms with Gasteiger partial charge in [0, 0.05) is 41.5 Å². The highest BCUT2D eigenvalue weighted by atomic mass is 16.6. The van der Waals surface area contributed by atoms with Gasteiger partial charge in [0.15, 0.2) is 0 Å². The molecule has 0 bridgehead atoms. The highest BCUT2D eigenvalue weighted by Crippen LogP contribution is 2.25. The number of amides is 1. The van der Waals surface area contributed by atoms with Crippen LogP contribution in [0.5, 0.6) is 0 Å². The third-order valence-corrected chi connectivity index (χ3v) is 5.49.